The molecule has 0 radical (unpaired) electrons. The van der Waals surface area contributed by atoms with Crippen LogP contribution in [0.15, 0.2) is 12.7 Å². The fraction of sp³-hybridized carbons (Fsp3) is 0.882. The van der Waals surface area contributed by atoms with E-state index in [-0.39, 0.29) is 0 Å². The van der Waals surface area contributed by atoms with E-state index in [0.29, 0.717) is 0 Å². The highest BCUT2D eigenvalue weighted by atomic mass is 16.5. The van der Waals surface area contributed by atoms with Crippen LogP contribution in [0.4, 0.5) is 0 Å². The standard InChI is InChI=1S/C17H34O/c1-3-4-5-6-7-8-9-10-11-12-13-14-15-16-17-18-2/h3H,1,4-17H2,2H3. The monoisotopic (exact) mass is 254 g/mol. The molecule has 108 valence electrons. The second-order valence-corrected chi connectivity index (χ2v) is 5.31. The minimum absolute atomic E-state index is 0.936. The van der Waals surface area contributed by atoms with Crippen molar-refractivity contribution in [1.82, 2.24) is 0 Å². The molecule has 0 atom stereocenters. The van der Waals surface area contributed by atoms with Gasteiger partial charge in [0, 0.05) is 13.7 Å². The molecule has 1 heteroatoms. The van der Waals surface area contributed by atoms with Gasteiger partial charge in [-0.2, -0.15) is 0 Å². The zero-order chi connectivity index (χ0) is 13.3. The first-order chi connectivity index (χ1) is 8.91. The van der Waals surface area contributed by atoms with Crippen LogP contribution in [0.5, 0.6) is 0 Å². The van der Waals surface area contributed by atoms with Crippen LogP contribution in [0.3, 0.4) is 0 Å². The predicted octanol–water partition coefficient (Wildman–Crippen LogP) is 5.89. The van der Waals surface area contributed by atoms with Crippen LogP contribution in [0.25, 0.3) is 0 Å². The summed E-state index contributed by atoms with van der Waals surface area (Å²) in [6.07, 6.45) is 20.0. The Labute approximate surface area is 115 Å². The summed E-state index contributed by atoms with van der Waals surface area (Å²) in [4.78, 5) is 0. The lowest BCUT2D eigenvalue weighted by molar-refractivity contribution is 0.192. The Morgan fingerprint density at radius 3 is 1.44 bits per heavy atom. The molecule has 0 aromatic heterocycles. The molecule has 0 fully saturated rings. The van der Waals surface area contributed by atoms with Crippen LogP contribution in [0.2, 0.25) is 0 Å². The van der Waals surface area contributed by atoms with Crippen molar-refractivity contribution < 1.29 is 4.74 Å². The van der Waals surface area contributed by atoms with Gasteiger partial charge in [0.05, 0.1) is 0 Å². The lowest BCUT2D eigenvalue weighted by atomic mass is 10.0. The molecule has 0 bridgehead atoms. The summed E-state index contributed by atoms with van der Waals surface area (Å²) in [5.74, 6) is 0. The maximum atomic E-state index is 5.04. The molecule has 18 heavy (non-hydrogen) atoms. The summed E-state index contributed by atoms with van der Waals surface area (Å²) in [6.45, 7) is 4.69. The summed E-state index contributed by atoms with van der Waals surface area (Å²) in [5.41, 5.74) is 0. The third-order valence-corrected chi connectivity index (χ3v) is 3.51. The van der Waals surface area contributed by atoms with Gasteiger partial charge in [0.15, 0.2) is 0 Å². The van der Waals surface area contributed by atoms with Crippen molar-refractivity contribution in [2.75, 3.05) is 13.7 Å². The van der Waals surface area contributed by atoms with Gasteiger partial charge >= 0.3 is 0 Å². The lowest BCUT2D eigenvalue weighted by Gasteiger charge is -2.02. The third kappa shape index (κ3) is 15.7. The fourth-order valence-electron chi connectivity index (χ4n) is 2.30. The van der Waals surface area contributed by atoms with Crippen molar-refractivity contribution in [3.05, 3.63) is 12.7 Å². The van der Waals surface area contributed by atoms with Crippen LogP contribution >= 0.6 is 0 Å². The van der Waals surface area contributed by atoms with Gasteiger partial charge < -0.3 is 4.74 Å². The van der Waals surface area contributed by atoms with Gasteiger partial charge in [0.25, 0.3) is 0 Å². The smallest absolute Gasteiger partial charge is 0.0462 e. The van der Waals surface area contributed by atoms with E-state index < -0.39 is 0 Å². The number of hydrogen-bond acceptors (Lipinski definition) is 1. The van der Waals surface area contributed by atoms with E-state index in [0.717, 1.165) is 6.61 Å². The van der Waals surface area contributed by atoms with Gasteiger partial charge in [-0.15, -0.1) is 6.58 Å². The molecule has 0 spiro atoms. The molecular weight excluding hydrogens is 220 g/mol. The lowest BCUT2D eigenvalue weighted by Crippen LogP contribution is -1.88. The summed E-state index contributed by atoms with van der Waals surface area (Å²) in [6, 6.07) is 0. The molecule has 0 aliphatic carbocycles. The maximum Gasteiger partial charge on any atom is 0.0462 e. The highest BCUT2D eigenvalue weighted by Gasteiger charge is 1.93. The Kier molecular flexibility index (Phi) is 16.4. The highest BCUT2D eigenvalue weighted by Crippen LogP contribution is 2.12. The van der Waals surface area contributed by atoms with Crippen molar-refractivity contribution in [3.63, 3.8) is 0 Å². The van der Waals surface area contributed by atoms with Gasteiger partial charge in [-0.05, 0) is 19.3 Å². The number of allylic oxidation sites excluding steroid dienone is 1. The van der Waals surface area contributed by atoms with E-state index in [1.807, 2.05) is 6.08 Å². The van der Waals surface area contributed by atoms with Crippen LogP contribution < -0.4 is 0 Å². The van der Waals surface area contributed by atoms with E-state index in [1.165, 1.54) is 83.5 Å². The SMILES string of the molecule is C=CCCCCCCCCCCCCCCOC. The Hall–Kier alpha value is -0.300. The number of methoxy groups -OCH3 is 1. The topological polar surface area (TPSA) is 9.23 Å². The van der Waals surface area contributed by atoms with Gasteiger partial charge in [-0.1, -0.05) is 70.3 Å². The van der Waals surface area contributed by atoms with E-state index in [4.69, 9.17) is 4.74 Å². The first-order valence-electron chi connectivity index (χ1n) is 8.01. The van der Waals surface area contributed by atoms with Gasteiger partial charge in [0.2, 0.25) is 0 Å². The Morgan fingerprint density at radius 1 is 0.667 bits per heavy atom. The number of ether oxygens (including phenoxy) is 1. The van der Waals surface area contributed by atoms with E-state index >= 15 is 0 Å². The molecule has 0 saturated carbocycles. The van der Waals surface area contributed by atoms with Crippen LogP contribution in [-0.2, 0) is 4.74 Å². The van der Waals surface area contributed by atoms with E-state index in [2.05, 4.69) is 6.58 Å². The molecule has 0 aliphatic rings. The maximum absolute atomic E-state index is 5.04. The molecule has 0 aliphatic heterocycles. The summed E-state index contributed by atoms with van der Waals surface area (Å²) < 4.78 is 5.04. The average Bonchev–Trinajstić information content (AvgIpc) is 2.39. The molecular formula is C17H34O. The van der Waals surface area contributed by atoms with Crippen molar-refractivity contribution in [1.29, 1.82) is 0 Å². The van der Waals surface area contributed by atoms with Crippen molar-refractivity contribution in [2.45, 2.75) is 83.5 Å². The van der Waals surface area contributed by atoms with Crippen molar-refractivity contribution >= 4 is 0 Å². The number of unbranched alkanes of at least 4 members (excludes halogenated alkanes) is 12. The summed E-state index contributed by atoms with van der Waals surface area (Å²) in [7, 11) is 1.79. The van der Waals surface area contributed by atoms with Crippen LogP contribution in [0, 0.1) is 0 Å². The Morgan fingerprint density at radius 2 is 1.06 bits per heavy atom. The van der Waals surface area contributed by atoms with Gasteiger partial charge in [-0.25, -0.2) is 0 Å². The molecule has 0 saturated heterocycles. The van der Waals surface area contributed by atoms with E-state index in [9.17, 15) is 0 Å². The molecule has 0 rings (SSSR count). The average molecular weight is 254 g/mol. The van der Waals surface area contributed by atoms with E-state index in [1.54, 1.807) is 7.11 Å². The van der Waals surface area contributed by atoms with Crippen molar-refractivity contribution in [3.8, 4) is 0 Å². The second kappa shape index (κ2) is 16.7. The zero-order valence-corrected chi connectivity index (χ0v) is 12.6. The Bertz CT molecular complexity index is 154. The molecule has 0 aromatic carbocycles. The molecule has 1 nitrogen and oxygen atoms in total. The fourth-order valence-corrected chi connectivity index (χ4v) is 2.30. The first-order valence-corrected chi connectivity index (χ1v) is 8.01. The van der Waals surface area contributed by atoms with Crippen molar-refractivity contribution in [2.24, 2.45) is 0 Å². The molecule has 0 unspecified atom stereocenters. The van der Waals surface area contributed by atoms with Crippen LogP contribution in [0.1, 0.15) is 83.5 Å². The molecule has 0 aromatic rings. The molecule has 0 N–H and O–H groups in total. The minimum Gasteiger partial charge on any atom is -0.385 e. The predicted molar refractivity (Wildman–Crippen MR) is 82.1 cm³/mol. The first kappa shape index (κ1) is 17.7. The second-order valence-electron chi connectivity index (χ2n) is 5.31. The van der Waals surface area contributed by atoms with Crippen LogP contribution in [-0.4, -0.2) is 13.7 Å². The largest absolute Gasteiger partial charge is 0.385 e. The molecule has 0 heterocycles. The Balaban J connectivity index is 2.88. The van der Waals surface area contributed by atoms with Gasteiger partial charge in [-0.3, -0.25) is 0 Å². The van der Waals surface area contributed by atoms with Gasteiger partial charge in [0.1, 0.15) is 0 Å². The third-order valence-electron chi connectivity index (χ3n) is 3.51. The highest BCUT2D eigenvalue weighted by molar-refractivity contribution is 4.65. The minimum atomic E-state index is 0.936. The summed E-state index contributed by atoms with van der Waals surface area (Å²) >= 11 is 0. The zero-order valence-electron chi connectivity index (χ0n) is 12.6. The molecule has 0 amide bonds. The number of rotatable bonds is 15. The summed E-state index contributed by atoms with van der Waals surface area (Å²) in [5, 5.41) is 0. The quantitative estimate of drug-likeness (QED) is 0.261. The normalized spacial score (nSPS) is 10.7. The number of hydrogen-bond donors (Lipinski definition) is 0.